The molecular weight excluding hydrogens is 580 g/mol. The molecule has 1 aliphatic heterocycles. The minimum absolute atomic E-state index is 0.00161. The van der Waals surface area contributed by atoms with Crippen molar-refractivity contribution in [2.24, 2.45) is 0 Å². The Kier molecular flexibility index (Phi) is 13.7. The molecule has 0 aliphatic carbocycles. The van der Waals surface area contributed by atoms with Gasteiger partial charge in [0, 0.05) is 42.9 Å². The van der Waals surface area contributed by atoms with Gasteiger partial charge >= 0.3 is 0 Å². The van der Waals surface area contributed by atoms with Crippen LogP contribution in [0.4, 0.5) is 0 Å². The molecule has 9 nitrogen and oxygen atoms in total. The molecule has 0 unspecified atom stereocenters. The number of nitrogens with one attached hydrogen (secondary N) is 2. The van der Waals surface area contributed by atoms with Crippen LogP contribution in [-0.4, -0.2) is 51.5 Å². The maximum atomic E-state index is 12.3. The summed E-state index contributed by atoms with van der Waals surface area (Å²) in [5.41, 5.74) is 7.50. The first kappa shape index (κ1) is 33.6. The quantitative estimate of drug-likeness (QED) is 0.0837. The van der Waals surface area contributed by atoms with Crippen molar-refractivity contribution in [1.29, 1.82) is 0 Å². The van der Waals surface area contributed by atoms with Crippen molar-refractivity contribution in [3.8, 4) is 11.1 Å². The summed E-state index contributed by atoms with van der Waals surface area (Å²) in [4.78, 5) is 23.3. The van der Waals surface area contributed by atoms with Gasteiger partial charge in [0.15, 0.2) is 6.29 Å². The van der Waals surface area contributed by atoms with E-state index in [-0.39, 0.29) is 37.7 Å². The van der Waals surface area contributed by atoms with Crippen LogP contribution in [-0.2, 0) is 32.2 Å². The summed E-state index contributed by atoms with van der Waals surface area (Å²) in [6.07, 6.45) is 2.68. The number of amides is 2. The lowest BCUT2D eigenvalue weighted by molar-refractivity contribution is -0.245. The van der Waals surface area contributed by atoms with Crippen LogP contribution >= 0.6 is 11.8 Å². The zero-order chi connectivity index (χ0) is 31.1. The van der Waals surface area contributed by atoms with Crippen LogP contribution in [0.3, 0.4) is 0 Å². The third-order valence-electron chi connectivity index (χ3n) is 7.52. The number of hydrogen-bond acceptors (Lipinski definition) is 8. The lowest BCUT2D eigenvalue weighted by Gasteiger charge is -2.36. The van der Waals surface area contributed by atoms with Gasteiger partial charge in [0.25, 0.3) is 0 Å². The fourth-order valence-electron chi connectivity index (χ4n) is 5.09. The zero-order valence-electron chi connectivity index (χ0n) is 24.8. The van der Waals surface area contributed by atoms with Crippen LogP contribution in [0.2, 0.25) is 0 Å². The second kappa shape index (κ2) is 17.9. The minimum Gasteiger partial charge on any atom is -0.396 e. The monoisotopic (exact) mass is 622 g/mol. The topological polar surface area (TPSA) is 137 Å². The average molecular weight is 623 g/mol. The molecule has 1 aliphatic rings. The third kappa shape index (κ3) is 10.4. The van der Waals surface area contributed by atoms with Gasteiger partial charge in [-0.25, -0.2) is 5.48 Å². The Labute approximate surface area is 262 Å². The van der Waals surface area contributed by atoms with Crippen LogP contribution in [0.5, 0.6) is 0 Å². The van der Waals surface area contributed by atoms with Crippen molar-refractivity contribution in [3.63, 3.8) is 0 Å². The van der Waals surface area contributed by atoms with Crippen molar-refractivity contribution >= 4 is 23.6 Å². The first-order valence-electron chi connectivity index (χ1n) is 15.1. The van der Waals surface area contributed by atoms with Crippen molar-refractivity contribution in [3.05, 3.63) is 95.1 Å². The third-order valence-corrected chi connectivity index (χ3v) is 8.60. The fraction of sp³-hybridized carbons (Fsp3) is 0.412. The molecule has 10 heteroatoms. The Balaban J connectivity index is 1.35. The molecule has 236 valence electrons. The lowest BCUT2D eigenvalue weighted by Crippen LogP contribution is -2.31. The van der Waals surface area contributed by atoms with Gasteiger partial charge in [-0.15, -0.1) is 0 Å². The Morgan fingerprint density at radius 3 is 2.25 bits per heavy atom. The summed E-state index contributed by atoms with van der Waals surface area (Å²) in [5, 5.41) is 30.1. The number of hydrogen-bond donors (Lipinski definition) is 5. The zero-order valence-corrected chi connectivity index (χ0v) is 25.6. The van der Waals surface area contributed by atoms with E-state index in [1.54, 1.807) is 17.2 Å². The Morgan fingerprint density at radius 1 is 0.818 bits per heavy atom. The molecule has 0 radical (unpaired) electrons. The Morgan fingerprint density at radius 2 is 1.55 bits per heavy atom. The number of benzene rings is 3. The molecule has 3 aromatic rings. The smallest absolute Gasteiger partial charge is 0.243 e. The highest BCUT2D eigenvalue weighted by Crippen LogP contribution is 2.39. The van der Waals surface area contributed by atoms with E-state index < -0.39 is 12.2 Å². The average Bonchev–Trinajstić information content (AvgIpc) is 3.07. The maximum Gasteiger partial charge on any atom is 0.243 e. The van der Waals surface area contributed by atoms with E-state index in [2.05, 4.69) is 11.4 Å². The van der Waals surface area contributed by atoms with E-state index in [0.717, 1.165) is 45.6 Å². The second-order valence-electron chi connectivity index (χ2n) is 10.8. The molecule has 44 heavy (non-hydrogen) atoms. The molecule has 3 aromatic carbocycles. The summed E-state index contributed by atoms with van der Waals surface area (Å²) < 4.78 is 12.8. The van der Waals surface area contributed by atoms with Crippen molar-refractivity contribution < 1.29 is 34.5 Å². The predicted molar refractivity (Wildman–Crippen MR) is 170 cm³/mol. The molecule has 0 spiro atoms. The summed E-state index contributed by atoms with van der Waals surface area (Å²) >= 11 is 1.66. The number of aliphatic hydroxyl groups excluding tert-OH is 2. The van der Waals surface area contributed by atoms with E-state index >= 15 is 0 Å². The molecule has 2 amide bonds. The SMILES string of the molecule is O=C(CCCCCC(=O)NCc1cccc(-c2ccc([C@@H]3O[C@H](CSCCO)C[C@H](c4ccc(CO)cc4)O3)cc2)c1)NO. The standard InChI is InChI=1S/C34H42N2O7S/c37-17-18-44-23-30-20-31(27-11-9-24(22-38)10-12-27)43-34(42-30)28-15-13-26(14-16-28)29-6-4-5-25(19-29)21-35-32(39)7-2-1-3-8-33(40)36-41/h4-6,9-16,19,30-31,34,37-38,41H,1-3,7-8,17-18,20-23H2,(H,35,39)(H,36,40)/t30-,31+,34+/m0/s1. The molecule has 3 atom stereocenters. The van der Waals surface area contributed by atoms with Gasteiger partial charge in [-0.3, -0.25) is 14.8 Å². The van der Waals surface area contributed by atoms with Gasteiger partial charge in [0.1, 0.15) is 0 Å². The first-order chi connectivity index (χ1) is 21.5. The largest absolute Gasteiger partial charge is 0.396 e. The lowest BCUT2D eigenvalue weighted by atomic mass is 9.99. The summed E-state index contributed by atoms with van der Waals surface area (Å²) in [5.74, 6) is 0.977. The second-order valence-corrected chi connectivity index (χ2v) is 12.0. The van der Waals surface area contributed by atoms with E-state index in [1.165, 1.54) is 0 Å². The molecule has 0 saturated carbocycles. The first-order valence-corrected chi connectivity index (χ1v) is 16.2. The number of aliphatic hydroxyl groups is 2. The number of hydroxylamine groups is 1. The Hall–Kier alpha value is -3.25. The van der Waals surface area contributed by atoms with E-state index in [0.29, 0.717) is 38.0 Å². The minimum atomic E-state index is -0.534. The van der Waals surface area contributed by atoms with Gasteiger partial charge < -0.3 is 25.0 Å². The number of rotatable bonds is 16. The summed E-state index contributed by atoms with van der Waals surface area (Å²) in [7, 11) is 0. The molecule has 0 aromatic heterocycles. The summed E-state index contributed by atoms with van der Waals surface area (Å²) in [6.45, 7) is 0.559. The highest BCUT2D eigenvalue weighted by atomic mass is 32.2. The van der Waals surface area contributed by atoms with Gasteiger partial charge in [-0.2, -0.15) is 11.8 Å². The van der Waals surface area contributed by atoms with E-state index in [4.69, 9.17) is 14.7 Å². The number of carbonyl (C=O) groups is 2. The fourth-order valence-corrected chi connectivity index (χ4v) is 5.86. The highest BCUT2D eigenvalue weighted by molar-refractivity contribution is 7.99. The molecule has 4 rings (SSSR count). The van der Waals surface area contributed by atoms with Gasteiger partial charge in [0.05, 0.1) is 25.4 Å². The molecule has 1 heterocycles. The molecular formula is C34H42N2O7S. The predicted octanol–water partition coefficient (Wildman–Crippen LogP) is 5.19. The molecule has 5 N–H and O–H groups in total. The number of unbranched alkanes of at least 4 members (excludes halogenated alkanes) is 2. The summed E-state index contributed by atoms with van der Waals surface area (Å²) in [6, 6.07) is 24.0. The van der Waals surface area contributed by atoms with Gasteiger partial charge in [0.2, 0.25) is 11.8 Å². The number of carbonyl (C=O) groups excluding carboxylic acids is 2. The Bertz CT molecular complexity index is 1320. The van der Waals surface area contributed by atoms with Gasteiger partial charge in [-0.05, 0) is 46.7 Å². The van der Waals surface area contributed by atoms with Crippen molar-refractivity contribution in [1.82, 2.24) is 10.8 Å². The molecule has 0 bridgehead atoms. The number of ether oxygens (including phenoxy) is 2. The van der Waals surface area contributed by atoms with E-state index in [1.807, 2.05) is 66.7 Å². The molecule has 1 saturated heterocycles. The molecule has 1 fully saturated rings. The van der Waals surface area contributed by atoms with Crippen LogP contribution in [0, 0.1) is 0 Å². The maximum absolute atomic E-state index is 12.3. The highest BCUT2D eigenvalue weighted by Gasteiger charge is 2.32. The van der Waals surface area contributed by atoms with Gasteiger partial charge in [-0.1, -0.05) is 73.2 Å². The number of thioether (sulfide) groups is 1. The van der Waals surface area contributed by atoms with Crippen LogP contribution in [0.25, 0.3) is 11.1 Å². The normalized spacial score (nSPS) is 18.1. The van der Waals surface area contributed by atoms with Crippen LogP contribution in [0.15, 0.2) is 72.8 Å². The van der Waals surface area contributed by atoms with Crippen LogP contribution in [0.1, 0.15) is 73.2 Å². The van der Waals surface area contributed by atoms with Crippen molar-refractivity contribution in [2.75, 3.05) is 18.1 Å². The van der Waals surface area contributed by atoms with Crippen LogP contribution < -0.4 is 10.8 Å². The van der Waals surface area contributed by atoms with E-state index in [9.17, 15) is 19.8 Å². The van der Waals surface area contributed by atoms with Crippen molar-refractivity contribution in [2.45, 2.75) is 70.2 Å².